The number of Topliss-reactive ketones (excluding diaryl/α,β-unsaturated/α-hetero) is 1. The fourth-order valence-electron chi connectivity index (χ4n) is 3.62. The molecule has 0 fully saturated rings. The zero-order chi connectivity index (χ0) is 21.0. The van der Waals surface area contributed by atoms with E-state index in [0.717, 1.165) is 30.8 Å². The molecule has 2 aromatic carbocycles. The summed E-state index contributed by atoms with van der Waals surface area (Å²) < 4.78 is 11.3. The first-order valence-corrected chi connectivity index (χ1v) is 9.99. The molecule has 0 bridgehead atoms. The monoisotopic (exact) mass is 396 g/mol. The molecular formula is C23H28N2O4. The van der Waals surface area contributed by atoms with Crippen LogP contribution in [0.5, 0.6) is 11.5 Å². The largest absolute Gasteiger partial charge is 0.493 e. The minimum Gasteiger partial charge on any atom is -0.493 e. The molecule has 1 aliphatic rings. The molecule has 2 aromatic rings. The number of hydrogen-bond acceptors (Lipinski definition) is 5. The number of nitrogens with one attached hydrogen (secondary N) is 1. The Bertz CT molecular complexity index is 923. The quantitative estimate of drug-likeness (QED) is 0.719. The van der Waals surface area contributed by atoms with Crippen LogP contribution in [0, 0.1) is 0 Å². The molecule has 6 heteroatoms. The number of benzene rings is 2. The third kappa shape index (κ3) is 4.59. The summed E-state index contributed by atoms with van der Waals surface area (Å²) in [5, 5.41) is 3.03. The van der Waals surface area contributed by atoms with Gasteiger partial charge in [-0.25, -0.2) is 0 Å². The van der Waals surface area contributed by atoms with Crippen LogP contribution in [0.4, 0.5) is 5.69 Å². The molecule has 0 spiro atoms. The number of carbonyl (C=O) groups excluding carboxylic acids is 2. The summed E-state index contributed by atoms with van der Waals surface area (Å²) in [7, 11) is 2.09. The smallest absolute Gasteiger partial charge is 0.259 e. The number of likely N-dealkylation sites (N-methyl/N-ethyl adjacent to an activating group) is 1. The lowest BCUT2D eigenvalue weighted by Crippen LogP contribution is -2.27. The first kappa shape index (κ1) is 20.9. The maximum atomic E-state index is 13.2. The number of amides is 1. The van der Waals surface area contributed by atoms with E-state index in [9.17, 15) is 9.59 Å². The lowest BCUT2D eigenvalue weighted by Gasteiger charge is -2.27. The van der Waals surface area contributed by atoms with E-state index in [4.69, 9.17) is 9.47 Å². The van der Waals surface area contributed by atoms with Gasteiger partial charge in [-0.1, -0.05) is 12.1 Å². The molecule has 1 heterocycles. The van der Waals surface area contributed by atoms with Crippen LogP contribution in [0.1, 0.15) is 52.6 Å². The van der Waals surface area contributed by atoms with Crippen molar-refractivity contribution in [1.82, 2.24) is 4.90 Å². The normalized spacial score (nSPS) is 13.5. The molecule has 0 unspecified atom stereocenters. The Morgan fingerprint density at radius 2 is 1.76 bits per heavy atom. The fourth-order valence-corrected chi connectivity index (χ4v) is 3.62. The van der Waals surface area contributed by atoms with E-state index in [2.05, 4.69) is 23.3 Å². The summed E-state index contributed by atoms with van der Waals surface area (Å²) in [5.74, 6) is 0.375. The van der Waals surface area contributed by atoms with Gasteiger partial charge in [0.25, 0.3) is 5.91 Å². The Kier molecular flexibility index (Phi) is 6.54. The molecular weight excluding hydrogens is 368 g/mol. The molecule has 0 radical (unpaired) electrons. The lowest BCUT2D eigenvalue weighted by molar-refractivity contribution is 0.101. The predicted molar refractivity (Wildman–Crippen MR) is 113 cm³/mol. The van der Waals surface area contributed by atoms with E-state index >= 15 is 0 Å². The molecule has 0 aliphatic carbocycles. The number of fused-ring (bicyclic) bond motifs is 1. The second-order valence-electron chi connectivity index (χ2n) is 7.15. The van der Waals surface area contributed by atoms with Gasteiger partial charge in [-0.15, -0.1) is 0 Å². The molecule has 3 rings (SSSR count). The number of nitrogens with zero attached hydrogens (tertiary/aromatic N) is 1. The van der Waals surface area contributed by atoms with Gasteiger partial charge >= 0.3 is 0 Å². The van der Waals surface area contributed by atoms with E-state index < -0.39 is 0 Å². The van der Waals surface area contributed by atoms with Gasteiger partial charge in [0.05, 0.1) is 24.3 Å². The van der Waals surface area contributed by atoms with E-state index in [1.54, 1.807) is 12.1 Å². The van der Waals surface area contributed by atoms with Crippen molar-refractivity contribution in [3.05, 3.63) is 52.6 Å². The maximum absolute atomic E-state index is 13.2. The standard InChI is InChI=1S/C23H28N2O4/c1-5-28-21-13-22(29-6-2)19(12-18(21)15(3)26)23(27)24-20-9-7-8-16-14-25(4)11-10-17(16)20/h7-9,12-13H,5-6,10-11,14H2,1-4H3,(H,24,27). The van der Waals surface area contributed by atoms with Gasteiger partial charge in [-0.05, 0) is 57.5 Å². The summed E-state index contributed by atoms with van der Waals surface area (Å²) in [4.78, 5) is 27.5. The third-order valence-corrected chi connectivity index (χ3v) is 5.01. The van der Waals surface area contributed by atoms with Crippen molar-refractivity contribution < 1.29 is 19.1 Å². The number of ether oxygens (including phenoxy) is 2. The zero-order valence-electron chi connectivity index (χ0n) is 17.5. The van der Waals surface area contributed by atoms with Gasteiger partial charge in [0, 0.05) is 24.8 Å². The molecule has 0 saturated heterocycles. The highest BCUT2D eigenvalue weighted by Gasteiger charge is 2.22. The lowest BCUT2D eigenvalue weighted by atomic mass is 9.97. The molecule has 1 aliphatic heterocycles. The van der Waals surface area contributed by atoms with Gasteiger partial charge < -0.3 is 19.7 Å². The van der Waals surface area contributed by atoms with Gasteiger partial charge in [0.2, 0.25) is 0 Å². The maximum Gasteiger partial charge on any atom is 0.259 e. The highest BCUT2D eigenvalue weighted by molar-refractivity contribution is 6.09. The summed E-state index contributed by atoms with van der Waals surface area (Å²) in [6.45, 7) is 7.79. The van der Waals surface area contributed by atoms with Gasteiger partial charge in [0.1, 0.15) is 11.5 Å². The second-order valence-corrected chi connectivity index (χ2v) is 7.15. The molecule has 0 aromatic heterocycles. The molecule has 0 atom stereocenters. The summed E-state index contributed by atoms with van der Waals surface area (Å²) in [5.41, 5.74) is 3.89. The van der Waals surface area contributed by atoms with Crippen LogP contribution in [-0.2, 0) is 13.0 Å². The van der Waals surface area contributed by atoms with Crippen molar-refractivity contribution in [2.75, 3.05) is 32.1 Å². The van der Waals surface area contributed by atoms with Crippen molar-refractivity contribution in [2.24, 2.45) is 0 Å². The van der Waals surface area contributed by atoms with Crippen LogP contribution >= 0.6 is 0 Å². The van der Waals surface area contributed by atoms with Crippen molar-refractivity contribution >= 4 is 17.4 Å². The Balaban J connectivity index is 1.97. The van der Waals surface area contributed by atoms with Crippen molar-refractivity contribution in [2.45, 2.75) is 33.7 Å². The van der Waals surface area contributed by atoms with Gasteiger partial charge in [-0.3, -0.25) is 9.59 Å². The number of hydrogen-bond donors (Lipinski definition) is 1. The molecule has 6 nitrogen and oxygen atoms in total. The van der Waals surface area contributed by atoms with Crippen LogP contribution in [0.15, 0.2) is 30.3 Å². The Labute approximate surface area is 171 Å². The second kappa shape index (κ2) is 9.09. The van der Waals surface area contributed by atoms with Crippen LogP contribution in [0.3, 0.4) is 0 Å². The Hall–Kier alpha value is -2.86. The topological polar surface area (TPSA) is 67.9 Å². The van der Waals surface area contributed by atoms with Crippen molar-refractivity contribution in [3.8, 4) is 11.5 Å². The minimum absolute atomic E-state index is 0.161. The van der Waals surface area contributed by atoms with Crippen LogP contribution in [0.25, 0.3) is 0 Å². The number of carbonyl (C=O) groups is 2. The van der Waals surface area contributed by atoms with Crippen LogP contribution in [0.2, 0.25) is 0 Å². The average Bonchev–Trinajstić information content (AvgIpc) is 2.68. The van der Waals surface area contributed by atoms with Gasteiger partial charge in [0.15, 0.2) is 5.78 Å². The zero-order valence-corrected chi connectivity index (χ0v) is 17.5. The average molecular weight is 396 g/mol. The Morgan fingerprint density at radius 1 is 1.07 bits per heavy atom. The highest BCUT2D eigenvalue weighted by Crippen LogP contribution is 2.32. The minimum atomic E-state index is -0.300. The molecule has 154 valence electrons. The molecule has 29 heavy (non-hydrogen) atoms. The first-order chi connectivity index (χ1) is 13.9. The first-order valence-electron chi connectivity index (χ1n) is 9.99. The number of rotatable bonds is 7. The van der Waals surface area contributed by atoms with Gasteiger partial charge in [-0.2, -0.15) is 0 Å². The van der Waals surface area contributed by atoms with E-state index in [1.165, 1.54) is 12.5 Å². The predicted octanol–water partition coefficient (Wildman–Crippen LogP) is 3.93. The van der Waals surface area contributed by atoms with E-state index in [0.29, 0.717) is 35.8 Å². The summed E-state index contributed by atoms with van der Waals surface area (Å²) in [6, 6.07) is 9.17. The summed E-state index contributed by atoms with van der Waals surface area (Å²) >= 11 is 0. The highest BCUT2D eigenvalue weighted by atomic mass is 16.5. The number of anilines is 1. The fraction of sp³-hybridized carbons (Fsp3) is 0.391. The Morgan fingerprint density at radius 3 is 2.41 bits per heavy atom. The third-order valence-electron chi connectivity index (χ3n) is 5.01. The van der Waals surface area contributed by atoms with Crippen LogP contribution in [-0.4, -0.2) is 43.4 Å². The molecule has 1 N–H and O–H groups in total. The van der Waals surface area contributed by atoms with Crippen LogP contribution < -0.4 is 14.8 Å². The van der Waals surface area contributed by atoms with E-state index in [-0.39, 0.29) is 11.7 Å². The SMILES string of the molecule is CCOc1cc(OCC)c(C(=O)Nc2cccc3c2CCN(C)C3)cc1C(C)=O. The molecule has 0 saturated carbocycles. The number of ketones is 1. The summed E-state index contributed by atoms with van der Waals surface area (Å²) in [6.07, 6.45) is 0.878. The molecule has 1 amide bonds. The van der Waals surface area contributed by atoms with Crippen molar-refractivity contribution in [1.29, 1.82) is 0 Å². The van der Waals surface area contributed by atoms with E-state index in [1.807, 2.05) is 26.0 Å². The van der Waals surface area contributed by atoms with Crippen molar-refractivity contribution in [3.63, 3.8) is 0 Å².